The minimum Gasteiger partial charge on any atom is -0.381 e. The molecule has 0 bridgehead atoms. The average Bonchev–Trinajstić information content (AvgIpc) is 2.91. The first-order valence-electron chi connectivity index (χ1n) is 7.23. The number of ether oxygens (including phenoxy) is 1. The van der Waals surface area contributed by atoms with Crippen molar-refractivity contribution in [3.05, 3.63) is 0 Å². The first kappa shape index (κ1) is 14.3. The molecule has 5 nitrogen and oxygen atoms in total. The molecule has 0 aromatic carbocycles. The maximum atomic E-state index is 12.5. The van der Waals surface area contributed by atoms with Crippen molar-refractivity contribution in [2.24, 2.45) is 11.8 Å². The highest BCUT2D eigenvalue weighted by Gasteiger charge is 2.41. The number of hydrogen-bond acceptors (Lipinski definition) is 3. The molecule has 2 heterocycles. The molecule has 2 aliphatic rings. The summed E-state index contributed by atoms with van der Waals surface area (Å²) in [6, 6.07) is -0.732. The van der Waals surface area contributed by atoms with Gasteiger partial charge in [-0.3, -0.25) is 9.59 Å². The van der Waals surface area contributed by atoms with Crippen LogP contribution in [0.2, 0.25) is 0 Å². The number of nitrogens with zero attached hydrogens (tertiary/aromatic N) is 1. The van der Waals surface area contributed by atoms with E-state index in [9.17, 15) is 9.59 Å². The van der Waals surface area contributed by atoms with Crippen LogP contribution in [-0.2, 0) is 14.3 Å². The van der Waals surface area contributed by atoms with Gasteiger partial charge >= 0.3 is 0 Å². The molecule has 2 amide bonds. The highest BCUT2D eigenvalue weighted by molar-refractivity contribution is 5.96. The number of rotatable bonds is 4. The molecule has 4 atom stereocenters. The van der Waals surface area contributed by atoms with E-state index >= 15 is 0 Å². The van der Waals surface area contributed by atoms with Gasteiger partial charge in [-0.1, -0.05) is 20.3 Å². The predicted octanol–water partition coefficient (Wildman–Crippen LogP) is 0.784. The van der Waals surface area contributed by atoms with E-state index in [1.807, 2.05) is 13.8 Å². The summed E-state index contributed by atoms with van der Waals surface area (Å²) in [5.74, 6) is 0.568. The Morgan fingerprint density at radius 3 is 2.79 bits per heavy atom. The van der Waals surface area contributed by atoms with Crippen LogP contribution < -0.4 is 5.32 Å². The number of hydrogen-bond donors (Lipinski definition) is 1. The number of amides is 2. The van der Waals surface area contributed by atoms with Crippen molar-refractivity contribution in [3.8, 4) is 0 Å². The van der Waals surface area contributed by atoms with E-state index in [0.717, 1.165) is 19.4 Å². The van der Waals surface area contributed by atoms with Crippen LogP contribution in [0.5, 0.6) is 0 Å². The monoisotopic (exact) mass is 268 g/mol. The van der Waals surface area contributed by atoms with Crippen molar-refractivity contribution >= 4 is 11.8 Å². The van der Waals surface area contributed by atoms with Crippen LogP contribution in [0, 0.1) is 11.8 Å². The van der Waals surface area contributed by atoms with Crippen molar-refractivity contribution in [1.29, 1.82) is 0 Å². The maximum absolute atomic E-state index is 12.5. The molecule has 0 aromatic rings. The lowest BCUT2D eigenvalue weighted by Crippen LogP contribution is -2.64. The highest BCUT2D eigenvalue weighted by atomic mass is 16.5. The maximum Gasteiger partial charge on any atom is 0.246 e. The molecule has 0 radical (unpaired) electrons. The summed E-state index contributed by atoms with van der Waals surface area (Å²) < 4.78 is 5.35. The fourth-order valence-corrected chi connectivity index (χ4v) is 2.72. The Labute approximate surface area is 114 Å². The van der Waals surface area contributed by atoms with Crippen LogP contribution in [0.3, 0.4) is 0 Å². The lowest BCUT2D eigenvalue weighted by molar-refractivity contribution is -0.150. The van der Waals surface area contributed by atoms with E-state index in [4.69, 9.17) is 4.74 Å². The molecule has 2 rings (SSSR count). The van der Waals surface area contributed by atoms with Crippen LogP contribution in [0.4, 0.5) is 0 Å². The Morgan fingerprint density at radius 2 is 2.21 bits per heavy atom. The fourth-order valence-electron chi connectivity index (χ4n) is 2.72. The molecule has 0 aromatic heterocycles. The first-order valence-corrected chi connectivity index (χ1v) is 7.23. The number of piperazine rings is 1. The summed E-state index contributed by atoms with van der Waals surface area (Å²) >= 11 is 0. The molecular weight excluding hydrogens is 244 g/mol. The van der Waals surface area contributed by atoms with Gasteiger partial charge in [-0.15, -0.1) is 0 Å². The molecule has 0 saturated carbocycles. The van der Waals surface area contributed by atoms with Gasteiger partial charge < -0.3 is 15.0 Å². The van der Waals surface area contributed by atoms with E-state index in [2.05, 4.69) is 5.32 Å². The van der Waals surface area contributed by atoms with Gasteiger partial charge in [-0.25, -0.2) is 0 Å². The van der Waals surface area contributed by atoms with Gasteiger partial charge in [0.05, 0.1) is 6.61 Å². The Morgan fingerprint density at radius 1 is 1.47 bits per heavy atom. The van der Waals surface area contributed by atoms with Crippen LogP contribution >= 0.6 is 0 Å². The van der Waals surface area contributed by atoms with E-state index in [0.29, 0.717) is 19.1 Å². The van der Waals surface area contributed by atoms with Gasteiger partial charge in [0.1, 0.15) is 12.1 Å². The van der Waals surface area contributed by atoms with E-state index in [1.54, 1.807) is 11.8 Å². The zero-order chi connectivity index (χ0) is 14.0. The molecule has 108 valence electrons. The van der Waals surface area contributed by atoms with Crippen molar-refractivity contribution in [1.82, 2.24) is 10.2 Å². The Bertz CT molecular complexity index is 353. The van der Waals surface area contributed by atoms with E-state index in [-0.39, 0.29) is 29.8 Å². The van der Waals surface area contributed by atoms with Gasteiger partial charge in [-0.2, -0.15) is 0 Å². The molecule has 1 N–H and O–H groups in total. The Kier molecular flexibility index (Phi) is 4.45. The molecule has 0 spiro atoms. The van der Waals surface area contributed by atoms with Crippen molar-refractivity contribution < 1.29 is 14.3 Å². The van der Waals surface area contributed by atoms with Crippen molar-refractivity contribution in [2.75, 3.05) is 19.8 Å². The molecule has 4 unspecified atom stereocenters. The number of nitrogens with one attached hydrogen (secondary N) is 1. The number of carbonyl (C=O) groups excluding carboxylic acids is 2. The third-order valence-corrected chi connectivity index (χ3v) is 4.39. The first-order chi connectivity index (χ1) is 9.04. The van der Waals surface area contributed by atoms with Crippen LogP contribution in [0.1, 0.15) is 33.6 Å². The number of carbonyl (C=O) groups is 2. The van der Waals surface area contributed by atoms with Crippen molar-refractivity contribution in [2.45, 2.75) is 45.7 Å². The van der Waals surface area contributed by atoms with Crippen LogP contribution in [0.25, 0.3) is 0 Å². The summed E-state index contributed by atoms with van der Waals surface area (Å²) in [4.78, 5) is 26.3. The van der Waals surface area contributed by atoms with Crippen LogP contribution in [-0.4, -0.2) is 48.6 Å². The Balaban J connectivity index is 2.09. The van der Waals surface area contributed by atoms with E-state index < -0.39 is 0 Å². The zero-order valence-electron chi connectivity index (χ0n) is 12.0. The third-order valence-electron chi connectivity index (χ3n) is 4.39. The second-order valence-corrected chi connectivity index (χ2v) is 5.77. The normalized spacial score (nSPS) is 33.4. The average molecular weight is 268 g/mol. The van der Waals surface area contributed by atoms with Gasteiger partial charge in [0.25, 0.3) is 0 Å². The summed E-state index contributed by atoms with van der Waals surface area (Å²) in [7, 11) is 0. The molecule has 19 heavy (non-hydrogen) atoms. The second kappa shape index (κ2) is 5.90. The SMILES string of the molecule is CCC(C)C1NC(=O)C(C)N(CC2CCOC2)C1=O. The second-order valence-electron chi connectivity index (χ2n) is 5.77. The smallest absolute Gasteiger partial charge is 0.246 e. The largest absolute Gasteiger partial charge is 0.381 e. The lowest BCUT2D eigenvalue weighted by Gasteiger charge is -2.40. The molecular formula is C14H24N2O3. The predicted molar refractivity (Wildman–Crippen MR) is 71.5 cm³/mol. The minimum absolute atomic E-state index is 0.0381. The standard InChI is InChI=1S/C14H24N2O3/c1-4-9(2)12-14(18)16(10(3)13(17)15-12)7-11-5-6-19-8-11/h9-12H,4-8H2,1-3H3,(H,15,17). The van der Waals surface area contributed by atoms with E-state index in [1.165, 1.54) is 0 Å². The summed E-state index contributed by atoms with van der Waals surface area (Å²) in [6.07, 6.45) is 1.86. The third kappa shape index (κ3) is 2.91. The van der Waals surface area contributed by atoms with Gasteiger partial charge in [0.15, 0.2) is 0 Å². The van der Waals surface area contributed by atoms with Crippen LogP contribution in [0.15, 0.2) is 0 Å². The minimum atomic E-state index is -0.367. The topological polar surface area (TPSA) is 58.6 Å². The Hall–Kier alpha value is -1.10. The molecule has 5 heteroatoms. The summed E-state index contributed by atoms with van der Waals surface area (Å²) in [6.45, 7) is 7.96. The quantitative estimate of drug-likeness (QED) is 0.820. The summed E-state index contributed by atoms with van der Waals surface area (Å²) in [5, 5.41) is 2.86. The lowest BCUT2D eigenvalue weighted by atomic mass is 9.93. The highest BCUT2D eigenvalue weighted by Crippen LogP contribution is 2.21. The molecule has 2 aliphatic heterocycles. The van der Waals surface area contributed by atoms with Crippen molar-refractivity contribution in [3.63, 3.8) is 0 Å². The molecule has 2 fully saturated rings. The fraction of sp³-hybridized carbons (Fsp3) is 0.857. The van der Waals surface area contributed by atoms with Gasteiger partial charge in [-0.05, 0) is 19.3 Å². The molecule has 0 aliphatic carbocycles. The molecule has 2 saturated heterocycles. The van der Waals surface area contributed by atoms with Gasteiger partial charge in [0.2, 0.25) is 11.8 Å². The zero-order valence-corrected chi connectivity index (χ0v) is 12.0. The summed E-state index contributed by atoms with van der Waals surface area (Å²) in [5.41, 5.74) is 0. The van der Waals surface area contributed by atoms with Gasteiger partial charge in [0, 0.05) is 19.1 Å².